The molecule has 1 aliphatic rings. The molecule has 3 aromatic heterocycles. The second-order valence-electron chi connectivity index (χ2n) is 6.92. The Morgan fingerprint density at radius 3 is 2.86 bits per heavy atom. The predicted octanol–water partition coefficient (Wildman–Crippen LogP) is 3.03. The molecule has 0 spiro atoms. The van der Waals surface area contributed by atoms with Crippen LogP contribution in [0.5, 0.6) is 5.88 Å². The van der Waals surface area contributed by atoms with Crippen molar-refractivity contribution in [2.24, 2.45) is 13.0 Å². The molecule has 0 amide bonds. The maximum atomic E-state index is 13.0. The van der Waals surface area contributed by atoms with E-state index in [0.717, 1.165) is 22.1 Å². The number of aromatic nitrogens is 4. The number of nitrogens with zero attached hydrogens (tertiary/aromatic N) is 5. The molecule has 28 heavy (non-hydrogen) atoms. The van der Waals surface area contributed by atoms with Gasteiger partial charge >= 0.3 is 0 Å². The Labute approximate surface area is 165 Å². The fraction of sp³-hybridized carbons (Fsp3) is 0.368. The smallest absolute Gasteiger partial charge is 0.290 e. The third-order valence-corrected chi connectivity index (χ3v) is 5.77. The quantitative estimate of drug-likeness (QED) is 0.632. The molecule has 2 atom stereocenters. The predicted molar refractivity (Wildman–Crippen MR) is 105 cm³/mol. The molecule has 9 heteroatoms. The number of pyridine rings is 1. The minimum Gasteiger partial charge on any atom is -0.476 e. The van der Waals surface area contributed by atoms with Crippen molar-refractivity contribution in [1.82, 2.24) is 19.7 Å². The number of rotatable bonds is 6. The van der Waals surface area contributed by atoms with E-state index in [2.05, 4.69) is 15.1 Å². The molecule has 0 bridgehead atoms. The summed E-state index contributed by atoms with van der Waals surface area (Å²) in [6.07, 6.45) is 3.95. The molecule has 0 N–H and O–H groups in total. The average Bonchev–Trinajstić information content (AvgIpc) is 3.33. The van der Waals surface area contributed by atoms with Crippen LogP contribution in [0.15, 0.2) is 35.4 Å². The third-order valence-electron chi connectivity index (χ3n) is 4.78. The molecule has 1 aliphatic carbocycles. The summed E-state index contributed by atoms with van der Waals surface area (Å²) in [6, 6.07) is 4.79. The molecule has 0 unspecified atom stereocenters. The summed E-state index contributed by atoms with van der Waals surface area (Å²) in [5.74, 6) is 0.627. The van der Waals surface area contributed by atoms with Gasteiger partial charge in [-0.2, -0.15) is 0 Å². The largest absolute Gasteiger partial charge is 0.476 e. The van der Waals surface area contributed by atoms with E-state index in [4.69, 9.17) is 4.74 Å². The van der Waals surface area contributed by atoms with E-state index in [1.165, 1.54) is 28.3 Å². The van der Waals surface area contributed by atoms with Crippen molar-refractivity contribution >= 4 is 22.2 Å². The normalized spacial score (nSPS) is 18.1. The summed E-state index contributed by atoms with van der Waals surface area (Å²) in [7, 11) is 3.40. The average molecular weight is 401 g/mol. The summed E-state index contributed by atoms with van der Waals surface area (Å²) in [4.78, 5) is 23.8. The van der Waals surface area contributed by atoms with E-state index < -0.39 is 0 Å². The number of ether oxygens (including phenoxy) is 1. The highest BCUT2D eigenvalue weighted by molar-refractivity contribution is 7.15. The van der Waals surface area contributed by atoms with Gasteiger partial charge in [0.25, 0.3) is 5.56 Å². The third kappa shape index (κ3) is 3.75. The number of anilines is 2. The topological polar surface area (TPSA) is 73.1 Å². The highest BCUT2D eigenvalue weighted by atomic mass is 32.1. The van der Waals surface area contributed by atoms with Gasteiger partial charge in [0.2, 0.25) is 5.88 Å². The minimum atomic E-state index is -0.335. The molecular formula is C19H20FN5O2S. The van der Waals surface area contributed by atoms with Crippen LogP contribution in [0, 0.1) is 18.7 Å². The fourth-order valence-corrected chi connectivity index (χ4v) is 3.81. The lowest BCUT2D eigenvalue weighted by atomic mass is 10.2. The van der Waals surface area contributed by atoms with Crippen LogP contribution in [0.25, 0.3) is 0 Å². The van der Waals surface area contributed by atoms with Crippen LogP contribution < -0.4 is 15.2 Å². The van der Waals surface area contributed by atoms with Crippen LogP contribution >= 0.6 is 11.3 Å². The number of hydrogen-bond acceptors (Lipinski definition) is 7. The van der Waals surface area contributed by atoms with Crippen LogP contribution in [-0.4, -0.2) is 33.4 Å². The van der Waals surface area contributed by atoms with E-state index in [-0.39, 0.29) is 17.3 Å². The lowest BCUT2D eigenvalue weighted by Crippen LogP contribution is -2.27. The van der Waals surface area contributed by atoms with Gasteiger partial charge in [0, 0.05) is 48.8 Å². The molecule has 146 valence electrons. The van der Waals surface area contributed by atoms with E-state index >= 15 is 0 Å². The van der Waals surface area contributed by atoms with Crippen LogP contribution in [-0.2, 0) is 7.05 Å². The molecule has 0 saturated heterocycles. The second kappa shape index (κ2) is 7.31. The minimum absolute atomic E-state index is 0.220. The molecular weight excluding hydrogens is 381 g/mol. The lowest BCUT2D eigenvalue weighted by molar-refractivity contribution is 0.278. The Hall–Kier alpha value is -2.81. The standard InChI is InChI=1S/C19H20FN5O2S/c1-11-8-22-19(28-11)24(2)16-7-17(23-25(3)18(16)26)27-10-12-6-14(12)15-5-4-13(20)9-21-15/h4-5,7-9,12,14H,6,10H2,1-3H3/t12-,14+/m1/s1. The van der Waals surface area contributed by atoms with E-state index in [9.17, 15) is 9.18 Å². The molecule has 1 fully saturated rings. The summed E-state index contributed by atoms with van der Waals surface area (Å²) in [5.41, 5.74) is 1.11. The summed E-state index contributed by atoms with van der Waals surface area (Å²) in [6.45, 7) is 2.44. The van der Waals surface area contributed by atoms with Gasteiger partial charge in [-0.1, -0.05) is 0 Å². The van der Waals surface area contributed by atoms with Gasteiger partial charge in [0.05, 0.1) is 12.8 Å². The van der Waals surface area contributed by atoms with Gasteiger partial charge in [-0.25, -0.2) is 14.1 Å². The van der Waals surface area contributed by atoms with Gasteiger partial charge in [0.1, 0.15) is 11.5 Å². The van der Waals surface area contributed by atoms with E-state index in [1.54, 1.807) is 37.3 Å². The molecule has 7 nitrogen and oxygen atoms in total. The first-order valence-electron chi connectivity index (χ1n) is 8.91. The Morgan fingerprint density at radius 2 is 2.18 bits per heavy atom. The van der Waals surface area contributed by atoms with Gasteiger partial charge < -0.3 is 9.64 Å². The van der Waals surface area contributed by atoms with Gasteiger partial charge in [0.15, 0.2) is 5.13 Å². The first-order valence-corrected chi connectivity index (χ1v) is 9.73. The fourth-order valence-electron chi connectivity index (χ4n) is 3.07. The van der Waals surface area contributed by atoms with Crippen molar-refractivity contribution in [3.8, 4) is 5.88 Å². The Balaban J connectivity index is 1.46. The Morgan fingerprint density at radius 1 is 1.36 bits per heavy atom. The summed E-state index contributed by atoms with van der Waals surface area (Å²) in [5, 5.41) is 4.93. The lowest BCUT2D eigenvalue weighted by Gasteiger charge is -2.16. The maximum absolute atomic E-state index is 13.0. The first-order chi connectivity index (χ1) is 13.4. The molecule has 0 radical (unpaired) electrons. The summed E-state index contributed by atoms with van der Waals surface area (Å²) >= 11 is 1.51. The van der Waals surface area contributed by atoms with Crippen molar-refractivity contribution in [3.63, 3.8) is 0 Å². The van der Waals surface area contributed by atoms with Crippen LogP contribution in [0.4, 0.5) is 15.2 Å². The maximum Gasteiger partial charge on any atom is 0.290 e. The van der Waals surface area contributed by atoms with E-state index in [0.29, 0.717) is 24.1 Å². The Bertz CT molecular complexity index is 1050. The van der Waals surface area contributed by atoms with Crippen molar-refractivity contribution in [2.45, 2.75) is 19.3 Å². The van der Waals surface area contributed by atoms with Crippen molar-refractivity contribution in [3.05, 3.63) is 57.3 Å². The van der Waals surface area contributed by atoms with Crippen LogP contribution in [0.2, 0.25) is 0 Å². The number of thiazole rings is 1. The van der Waals surface area contributed by atoms with E-state index in [1.807, 2.05) is 6.92 Å². The summed E-state index contributed by atoms with van der Waals surface area (Å²) < 4.78 is 20.1. The van der Waals surface area contributed by atoms with Crippen molar-refractivity contribution in [1.29, 1.82) is 0 Å². The SMILES string of the molecule is Cc1cnc(N(C)c2cc(OC[C@H]3C[C@@H]3c3ccc(F)cn3)nn(C)c2=O)s1. The number of hydrogen-bond donors (Lipinski definition) is 0. The molecule has 4 rings (SSSR count). The van der Waals surface area contributed by atoms with Gasteiger partial charge in [-0.3, -0.25) is 9.78 Å². The molecule has 0 aliphatic heterocycles. The molecule has 1 saturated carbocycles. The zero-order valence-corrected chi connectivity index (χ0v) is 16.6. The van der Waals surface area contributed by atoms with Gasteiger partial charge in [-0.05, 0) is 25.5 Å². The van der Waals surface area contributed by atoms with Crippen molar-refractivity contribution in [2.75, 3.05) is 18.6 Å². The first kappa shape index (κ1) is 18.5. The number of aryl methyl sites for hydroxylation is 2. The van der Waals surface area contributed by atoms with Crippen LogP contribution in [0.3, 0.4) is 0 Å². The van der Waals surface area contributed by atoms with Crippen LogP contribution in [0.1, 0.15) is 22.9 Å². The molecule has 0 aromatic carbocycles. The zero-order chi connectivity index (χ0) is 19.8. The van der Waals surface area contributed by atoms with Gasteiger partial charge in [-0.15, -0.1) is 16.4 Å². The number of halogens is 1. The molecule has 3 aromatic rings. The van der Waals surface area contributed by atoms with Crippen molar-refractivity contribution < 1.29 is 9.13 Å². The monoisotopic (exact) mass is 401 g/mol. The zero-order valence-electron chi connectivity index (χ0n) is 15.8. The Kier molecular flexibility index (Phi) is 4.84. The highest BCUT2D eigenvalue weighted by Crippen LogP contribution is 2.46. The molecule has 3 heterocycles. The highest BCUT2D eigenvalue weighted by Gasteiger charge is 2.40. The second-order valence-corrected chi connectivity index (χ2v) is 8.14.